The van der Waals surface area contributed by atoms with Crippen molar-refractivity contribution >= 4 is 33.3 Å². The van der Waals surface area contributed by atoms with Crippen LogP contribution in [0.2, 0.25) is 0 Å². The van der Waals surface area contributed by atoms with Gasteiger partial charge in [-0.1, -0.05) is 0 Å². The number of amides is 2. The Labute approximate surface area is 138 Å². The highest BCUT2D eigenvalue weighted by Crippen LogP contribution is 2.55. The van der Waals surface area contributed by atoms with Crippen molar-refractivity contribution in [3.8, 4) is 0 Å². The van der Waals surface area contributed by atoms with E-state index >= 15 is 0 Å². The molecule has 5 heteroatoms. The molecule has 4 bridgehead atoms. The molecule has 2 amide bonds. The van der Waals surface area contributed by atoms with E-state index in [-0.39, 0.29) is 11.6 Å². The van der Waals surface area contributed by atoms with Crippen LogP contribution in [0.4, 0.5) is 4.79 Å². The first-order valence-electron chi connectivity index (χ1n) is 7.90. The van der Waals surface area contributed by atoms with Crippen molar-refractivity contribution in [3.05, 3.63) is 20.8 Å². The molecule has 21 heavy (non-hydrogen) atoms. The highest BCUT2D eigenvalue weighted by Gasteiger charge is 2.51. The Morgan fingerprint density at radius 2 is 1.86 bits per heavy atom. The number of hydrogen-bond donors (Lipinski definition) is 2. The summed E-state index contributed by atoms with van der Waals surface area (Å²) in [5.74, 6) is 2.59. The molecule has 0 radical (unpaired) electrons. The fourth-order valence-electron chi connectivity index (χ4n) is 5.16. The zero-order valence-electron chi connectivity index (χ0n) is 12.0. The lowest BCUT2D eigenvalue weighted by molar-refractivity contribution is -0.0135. The summed E-state index contributed by atoms with van der Waals surface area (Å²) >= 11 is 5.18. The molecule has 3 nitrogen and oxygen atoms in total. The van der Waals surface area contributed by atoms with Gasteiger partial charge in [-0.25, -0.2) is 4.79 Å². The lowest BCUT2D eigenvalue weighted by Crippen LogP contribution is -2.61. The third-order valence-corrected chi connectivity index (χ3v) is 7.44. The first kappa shape index (κ1) is 14.1. The SMILES string of the molecule is O=C(NCc1sccc1Br)NC12CC3CC(CC(C3)C1)C2. The Morgan fingerprint density at radius 1 is 1.24 bits per heavy atom. The summed E-state index contributed by atoms with van der Waals surface area (Å²) in [5.41, 5.74) is 0.103. The van der Waals surface area contributed by atoms with Crippen LogP contribution >= 0.6 is 27.3 Å². The highest BCUT2D eigenvalue weighted by atomic mass is 79.9. The summed E-state index contributed by atoms with van der Waals surface area (Å²) in [5, 5.41) is 8.42. The number of urea groups is 1. The first-order valence-corrected chi connectivity index (χ1v) is 9.57. The highest BCUT2D eigenvalue weighted by molar-refractivity contribution is 9.10. The molecule has 0 unspecified atom stereocenters. The van der Waals surface area contributed by atoms with Crippen LogP contribution in [0.3, 0.4) is 0 Å². The predicted octanol–water partition coefficient (Wildman–Crippen LogP) is 4.28. The van der Waals surface area contributed by atoms with E-state index in [1.54, 1.807) is 11.3 Å². The summed E-state index contributed by atoms with van der Waals surface area (Å²) < 4.78 is 1.09. The van der Waals surface area contributed by atoms with Gasteiger partial charge in [0, 0.05) is 14.9 Å². The van der Waals surface area contributed by atoms with E-state index in [0.29, 0.717) is 6.54 Å². The van der Waals surface area contributed by atoms with Gasteiger partial charge in [0.25, 0.3) is 0 Å². The molecule has 1 heterocycles. The van der Waals surface area contributed by atoms with E-state index in [0.717, 1.165) is 22.2 Å². The van der Waals surface area contributed by atoms with E-state index in [1.165, 1.54) is 43.4 Å². The molecule has 5 rings (SSSR count). The molecule has 4 aliphatic rings. The van der Waals surface area contributed by atoms with Gasteiger partial charge in [0.2, 0.25) is 0 Å². The summed E-state index contributed by atoms with van der Waals surface area (Å²) in [4.78, 5) is 13.5. The van der Waals surface area contributed by atoms with Crippen LogP contribution in [0.25, 0.3) is 0 Å². The van der Waals surface area contributed by atoms with Crippen LogP contribution in [-0.4, -0.2) is 11.6 Å². The van der Waals surface area contributed by atoms with Gasteiger partial charge < -0.3 is 10.6 Å². The van der Waals surface area contributed by atoms with Gasteiger partial charge in [-0.15, -0.1) is 11.3 Å². The molecule has 0 saturated heterocycles. The van der Waals surface area contributed by atoms with Gasteiger partial charge in [-0.2, -0.15) is 0 Å². The summed E-state index contributed by atoms with van der Waals surface area (Å²) in [7, 11) is 0. The molecule has 0 atom stereocenters. The number of nitrogens with one attached hydrogen (secondary N) is 2. The fraction of sp³-hybridized carbons (Fsp3) is 0.688. The maximum absolute atomic E-state index is 12.3. The minimum absolute atomic E-state index is 0.0113. The van der Waals surface area contributed by atoms with Crippen molar-refractivity contribution < 1.29 is 4.79 Å². The minimum Gasteiger partial charge on any atom is -0.333 e. The van der Waals surface area contributed by atoms with Crippen LogP contribution in [-0.2, 0) is 6.54 Å². The Balaban J connectivity index is 1.37. The van der Waals surface area contributed by atoms with Gasteiger partial charge in [-0.05, 0) is 83.7 Å². The lowest BCUT2D eigenvalue weighted by Gasteiger charge is -2.56. The monoisotopic (exact) mass is 368 g/mol. The van der Waals surface area contributed by atoms with Crippen molar-refractivity contribution in [2.24, 2.45) is 17.8 Å². The average molecular weight is 369 g/mol. The predicted molar refractivity (Wildman–Crippen MR) is 88.3 cm³/mol. The molecule has 1 aromatic rings. The summed E-state index contributed by atoms with van der Waals surface area (Å²) in [6.45, 7) is 0.608. The van der Waals surface area contributed by atoms with Gasteiger partial charge in [0.1, 0.15) is 0 Å². The Hall–Kier alpha value is -0.550. The second kappa shape index (κ2) is 5.27. The molecule has 0 aliphatic heterocycles. The van der Waals surface area contributed by atoms with Crippen molar-refractivity contribution in [1.82, 2.24) is 10.6 Å². The van der Waals surface area contributed by atoms with Crippen molar-refractivity contribution in [2.75, 3.05) is 0 Å². The molecule has 4 saturated carbocycles. The van der Waals surface area contributed by atoms with Crippen LogP contribution in [0.5, 0.6) is 0 Å². The largest absolute Gasteiger partial charge is 0.333 e. The van der Waals surface area contributed by atoms with Crippen molar-refractivity contribution in [2.45, 2.75) is 50.6 Å². The van der Waals surface area contributed by atoms with E-state index in [4.69, 9.17) is 0 Å². The van der Waals surface area contributed by atoms with E-state index in [9.17, 15) is 4.79 Å². The topological polar surface area (TPSA) is 41.1 Å². The van der Waals surface area contributed by atoms with Gasteiger partial charge in [0.05, 0.1) is 6.54 Å². The minimum atomic E-state index is 0.0113. The third-order valence-electron chi connectivity index (χ3n) is 5.52. The van der Waals surface area contributed by atoms with Crippen LogP contribution < -0.4 is 10.6 Å². The standard InChI is InChI=1S/C16H21BrN2OS/c17-13-1-2-21-14(13)9-18-15(20)19-16-6-10-3-11(7-16)5-12(4-10)8-16/h1-2,10-12H,3-9H2,(H2,18,19,20). The summed E-state index contributed by atoms with van der Waals surface area (Å²) in [6.07, 6.45) is 7.83. The smallest absolute Gasteiger partial charge is 0.315 e. The van der Waals surface area contributed by atoms with E-state index in [2.05, 4.69) is 26.6 Å². The maximum atomic E-state index is 12.3. The molecule has 114 valence electrons. The molecule has 4 aliphatic carbocycles. The zero-order chi connectivity index (χ0) is 14.4. The zero-order valence-corrected chi connectivity index (χ0v) is 14.4. The van der Waals surface area contributed by atoms with Crippen molar-refractivity contribution in [1.29, 1.82) is 0 Å². The fourth-order valence-corrected chi connectivity index (χ4v) is 6.59. The quantitative estimate of drug-likeness (QED) is 0.821. The van der Waals surface area contributed by atoms with E-state index < -0.39 is 0 Å². The van der Waals surface area contributed by atoms with Gasteiger partial charge in [-0.3, -0.25) is 0 Å². The second-order valence-electron chi connectivity index (χ2n) is 7.20. The maximum Gasteiger partial charge on any atom is 0.315 e. The number of carbonyl (C=O) groups is 1. The second-order valence-corrected chi connectivity index (χ2v) is 9.05. The van der Waals surface area contributed by atoms with Crippen LogP contribution in [0.15, 0.2) is 15.9 Å². The number of halogens is 1. The molecule has 0 aromatic carbocycles. The van der Waals surface area contributed by atoms with Gasteiger partial charge >= 0.3 is 6.03 Å². The number of thiophene rings is 1. The average Bonchev–Trinajstić information content (AvgIpc) is 2.79. The van der Waals surface area contributed by atoms with Crippen LogP contribution in [0.1, 0.15) is 43.4 Å². The summed E-state index contributed by atoms with van der Waals surface area (Å²) in [6, 6.07) is 2.04. The molecule has 1 aromatic heterocycles. The Morgan fingerprint density at radius 3 is 2.38 bits per heavy atom. The normalized spacial score (nSPS) is 36.7. The number of carbonyl (C=O) groups excluding carboxylic acids is 1. The Bertz CT molecular complexity index is 521. The van der Waals surface area contributed by atoms with E-state index in [1.807, 2.05) is 11.4 Å². The number of rotatable bonds is 3. The first-order chi connectivity index (χ1) is 10.1. The molecular weight excluding hydrogens is 348 g/mol. The Kier molecular flexibility index (Phi) is 3.53. The molecule has 0 spiro atoms. The molecule has 4 fully saturated rings. The molecular formula is C16H21BrN2OS. The van der Waals surface area contributed by atoms with Gasteiger partial charge in [0.15, 0.2) is 0 Å². The molecule has 2 N–H and O–H groups in total. The lowest BCUT2D eigenvalue weighted by atomic mass is 9.53. The number of hydrogen-bond acceptors (Lipinski definition) is 2. The van der Waals surface area contributed by atoms with Crippen molar-refractivity contribution in [3.63, 3.8) is 0 Å². The van der Waals surface area contributed by atoms with Crippen LogP contribution in [0, 0.1) is 17.8 Å². The third kappa shape index (κ3) is 2.74.